The van der Waals surface area contributed by atoms with Crippen LogP contribution in [-0.4, -0.2) is 12.1 Å². The van der Waals surface area contributed by atoms with E-state index in [1.807, 2.05) is 0 Å². The van der Waals surface area contributed by atoms with Crippen molar-refractivity contribution in [2.75, 3.05) is 0 Å². The van der Waals surface area contributed by atoms with E-state index < -0.39 is 16.9 Å². The maximum absolute atomic E-state index is 12.2. The average Bonchev–Trinajstić information content (AvgIpc) is 2.14. The molecule has 0 spiro atoms. The van der Waals surface area contributed by atoms with Crippen molar-refractivity contribution in [3.63, 3.8) is 0 Å². The third-order valence-electron chi connectivity index (χ3n) is 1.88. The molecule has 0 N–H and O–H groups in total. The largest absolute Gasteiger partial charge is 0.573 e. The monoisotopic (exact) mass is 328 g/mol. The molecule has 0 heterocycles. The van der Waals surface area contributed by atoms with E-state index in [1.165, 1.54) is 19.1 Å². The molecule has 2 nitrogen and oxygen atoms in total. The van der Waals surface area contributed by atoms with Crippen LogP contribution in [0.1, 0.15) is 17.3 Å². The summed E-state index contributed by atoms with van der Waals surface area (Å²) < 4.78 is 40.4. The molecule has 0 saturated heterocycles. The SMILES string of the molecule is CC(=O)C(Br)c1c(S)cccc1OC(F)(F)F. The van der Waals surface area contributed by atoms with Crippen molar-refractivity contribution in [1.82, 2.24) is 0 Å². The summed E-state index contributed by atoms with van der Waals surface area (Å²) in [5, 5.41) is 0. The second-order valence-corrected chi connectivity index (χ2v) is 4.61. The first kappa shape index (κ1) is 14.4. The van der Waals surface area contributed by atoms with Crippen LogP contribution in [0.25, 0.3) is 0 Å². The second-order valence-electron chi connectivity index (χ2n) is 3.21. The van der Waals surface area contributed by atoms with Crippen LogP contribution < -0.4 is 4.74 Å². The predicted octanol–water partition coefficient (Wildman–Crippen LogP) is 3.90. The van der Waals surface area contributed by atoms with E-state index in [0.29, 0.717) is 0 Å². The van der Waals surface area contributed by atoms with Crippen LogP contribution in [0.4, 0.5) is 13.2 Å². The van der Waals surface area contributed by atoms with Gasteiger partial charge in [0.15, 0.2) is 0 Å². The minimum atomic E-state index is -4.81. The van der Waals surface area contributed by atoms with Crippen molar-refractivity contribution >= 4 is 34.3 Å². The van der Waals surface area contributed by atoms with E-state index in [4.69, 9.17) is 0 Å². The van der Waals surface area contributed by atoms with Crippen molar-refractivity contribution in [2.45, 2.75) is 23.0 Å². The van der Waals surface area contributed by atoms with Gasteiger partial charge in [-0.05, 0) is 19.1 Å². The Morgan fingerprint density at radius 2 is 2.06 bits per heavy atom. The molecular formula is C10H8BrF3O2S. The van der Waals surface area contributed by atoms with E-state index in [2.05, 4.69) is 33.3 Å². The number of ether oxygens (including phenoxy) is 1. The normalized spacial score (nSPS) is 13.3. The van der Waals surface area contributed by atoms with Crippen molar-refractivity contribution in [3.05, 3.63) is 23.8 Å². The number of Topliss-reactive ketones (excluding diaryl/α,β-unsaturated/α-hetero) is 1. The highest BCUT2D eigenvalue weighted by Crippen LogP contribution is 2.38. The van der Waals surface area contributed by atoms with Gasteiger partial charge < -0.3 is 4.74 Å². The second kappa shape index (κ2) is 5.30. The Morgan fingerprint density at radius 1 is 1.47 bits per heavy atom. The molecule has 0 fully saturated rings. The maximum atomic E-state index is 12.2. The first-order valence-corrected chi connectivity index (χ1v) is 5.81. The van der Waals surface area contributed by atoms with Gasteiger partial charge in [-0.1, -0.05) is 22.0 Å². The van der Waals surface area contributed by atoms with Gasteiger partial charge in [-0.25, -0.2) is 0 Å². The molecule has 0 amide bonds. The summed E-state index contributed by atoms with van der Waals surface area (Å²) in [6.45, 7) is 1.26. The molecular weight excluding hydrogens is 321 g/mol. The molecule has 1 rings (SSSR count). The fourth-order valence-corrected chi connectivity index (χ4v) is 2.18. The smallest absolute Gasteiger partial charge is 0.405 e. The molecule has 1 atom stereocenters. The van der Waals surface area contributed by atoms with Crippen LogP contribution in [0.2, 0.25) is 0 Å². The van der Waals surface area contributed by atoms with Gasteiger partial charge in [0.05, 0.1) is 0 Å². The molecule has 0 aliphatic heterocycles. The summed E-state index contributed by atoms with van der Waals surface area (Å²) in [6.07, 6.45) is -4.81. The van der Waals surface area contributed by atoms with Gasteiger partial charge in [0, 0.05) is 10.5 Å². The van der Waals surface area contributed by atoms with Gasteiger partial charge in [-0.3, -0.25) is 4.79 Å². The molecule has 7 heteroatoms. The summed E-state index contributed by atoms with van der Waals surface area (Å²) in [5.74, 6) is -0.763. The maximum Gasteiger partial charge on any atom is 0.573 e. The zero-order chi connectivity index (χ0) is 13.2. The number of carbonyl (C=O) groups excluding carboxylic acids is 1. The molecule has 0 aliphatic carbocycles. The lowest BCUT2D eigenvalue weighted by molar-refractivity contribution is -0.275. The topological polar surface area (TPSA) is 26.3 Å². The Balaban J connectivity index is 3.22. The number of carbonyl (C=O) groups is 1. The number of halogens is 4. The Labute approximate surface area is 110 Å². The quantitative estimate of drug-likeness (QED) is 0.672. The lowest BCUT2D eigenvalue weighted by Gasteiger charge is -2.17. The first-order valence-electron chi connectivity index (χ1n) is 4.44. The third kappa shape index (κ3) is 3.92. The van der Waals surface area contributed by atoms with E-state index in [0.717, 1.165) is 6.07 Å². The average molecular weight is 329 g/mol. The Kier molecular flexibility index (Phi) is 4.48. The molecule has 0 radical (unpaired) electrons. The van der Waals surface area contributed by atoms with E-state index in [-0.39, 0.29) is 16.2 Å². The summed E-state index contributed by atoms with van der Waals surface area (Å²) in [7, 11) is 0. The predicted molar refractivity (Wildman–Crippen MR) is 62.7 cm³/mol. The molecule has 0 aromatic heterocycles. The standard InChI is InChI=1S/C10H8BrF3O2S/c1-5(15)9(11)8-6(16-10(12,13)14)3-2-4-7(8)17/h2-4,9,17H,1H3. The van der Waals surface area contributed by atoms with Crippen LogP contribution >= 0.6 is 28.6 Å². The summed E-state index contributed by atoms with van der Waals surface area (Å²) in [4.78, 5) is 10.6. The van der Waals surface area contributed by atoms with Crippen LogP contribution in [0, 0.1) is 0 Å². The summed E-state index contributed by atoms with van der Waals surface area (Å²) in [6, 6.07) is 3.99. The highest BCUT2D eigenvalue weighted by Gasteiger charge is 2.33. The molecule has 1 unspecified atom stereocenters. The Hall–Kier alpha value is -0.690. The van der Waals surface area contributed by atoms with Crippen LogP contribution in [0.5, 0.6) is 5.75 Å². The number of ketones is 1. The van der Waals surface area contributed by atoms with Gasteiger partial charge in [0.2, 0.25) is 0 Å². The number of hydrogen-bond donors (Lipinski definition) is 1. The zero-order valence-electron chi connectivity index (χ0n) is 8.58. The highest BCUT2D eigenvalue weighted by atomic mass is 79.9. The van der Waals surface area contributed by atoms with Gasteiger partial charge in [0.1, 0.15) is 16.4 Å². The van der Waals surface area contributed by atoms with Gasteiger partial charge in [0.25, 0.3) is 0 Å². The number of hydrogen-bond acceptors (Lipinski definition) is 3. The number of thiol groups is 1. The zero-order valence-corrected chi connectivity index (χ0v) is 11.1. The minimum absolute atomic E-state index is 0.0701. The number of rotatable bonds is 3. The number of alkyl halides is 4. The van der Waals surface area contributed by atoms with Crippen molar-refractivity contribution in [1.29, 1.82) is 0 Å². The van der Waals surface area contributed by atoms with Crippen LogP contribution in [0.15, 0.2) is 23.1 Å². The Morgan fingerprint density at radius 3 is 2.53 bits per heavy atom. The first-order chi connectivity index (χ1) is 7.72. The van der Waals surface area contributed by atoms with E-state index >= 15 is 0 Å². The summed E-state index contributed by atoms with van der Waals surface area (Å²) in [5.41, 5.74) is 0.0701. The van der Waals surface area contributed by atoms with E-state index in [1.54, 1.807) is 0 Å². The molecule has 1 aromatic rings. The third-order valence-corrected chi connectivity index (χ3v) is 3.37. The Bertz CT molecular complexity index is 434. The minimum Gasteiger partial charge on any atom is -0.405 e. The van der Waals surface area contributed by atoms with Gasteiger partial charge >= 0.3 is 6.36 Å². The molecule has 17 heavy (non-hydrogen) atoms. The van der Waals surface area contributed by atoms with E-state index in [9.17, 15) is 18.0 Å². The highest BCUT2D eigenvalue weighted by molar-refractivity contribution is 9.09. The van der Waals surface area contributed by atoms with Crippen molar-refractivity contribution < 1.29 is 22.7 Å². The lowest BCUT2D eigenvalue weighted by Crippen LogP contribution is -2.19. The molecule has 0 bridgehead atoms. The molecule has 0 aliphatic rings. The molecule has 1 aromatic carbocycles. The van der Waals surface area contributed by atoms with Gasteiger partial charge in [-0.2, -0.15) is 0 Å². The fourth-order valence-electron chi connectivity index (χ4n) is 1.20. The summed E-state index contributed by atoms with van der Waals surface area (Å²) >= 11 is 7.04. The molecule has 94 valence electrons. The number of benzene rings is 1. The van der Waals surface area contributed by atoms with Crippen LogP contribution in [-0.2, 0) is 4.79 Å². The van der Waals surface area contributed by atoms with Gasteiger partial charge in [-0.15, -0.1) is 25.8 Å². The lowest BCUT2D eigenvalue weighted by atomic mass is 10.1. The fraction of sp³-hybridized carbons (Fsp3) is 0.300. The van der Waals surface area contributed by atoms with Crippen LogP contribution in [0.3, 0.4) is 0 Å². The van der Waals surface area contributed by atoms with Crippen molar-refractivity contribution in [2.24, 2.45) is 0 Å². The van der Waals surface area contributed by atoms with Crippen molar-refractivity contribution in [3.8, 4) is 5.75 Å². The molecule has 0 saturated carbocycles.